The molecule has 1 aliphatic rings. The summed E-state index contributed by atoms with van der Waals surface area (Å²) in [7, 11) is -1.50. The molecule has 0 aromatic heterocycles. The maximum atomic E-state index is 14.8. The summed E-state index contributed by atoms with van der Waals surface area (Å²) in [5.41, 5.74) is 1.84. The van der Waals surface area contributed by atoms with E-state index in [1.807, 2.05) is 37.3 Å². The first-order valence-corrected chi connectivity index (χ1v) is 19.3. The van der Waals surface area contributed by atoms with Crippen molar-refractivity contribution in [1.82, 2.24) is 10.2 Å². The summed E-state index contributed by atoms with van der Waals surface area (Å²) in [5.74, 6) is 0.272. The summed E-state index contributed by atoms with van der Waals surface area (Å²) < 4.78 is 46.5. The van der Waals surface area contributed by atoms with Gasteiger partial charge >= 0.3 is 0 Å². The van der Waals surface area contributed by atoms with Gasteiger partial charge in [0.2, 0.25) is 11.8 Å². The Morgan fingerprint density at radius 2 is 1.52 bits per heavy atom. The van der Waals surface area contributed by atoms with Crippen molar-refractivity contribution in [3.8, 4) is 17.2 Å². The van der Waals surface area contributed by atoms with Crippen LogP contribution in [0.4, 0.5) is 5.69 Å². The van der Waals surface area contributed by atoms with Crippen molar-refractivity contribution in [1.29, 1.82) is 0 Å². The molecule has 5 rings (SSSR count). The molecular formula is C40H46ClN3O7S. The number of carbonyl (C=O) groups excluding carboxylic acids is 2. The van der Waals surface area contributed by atoms with Gasteiger partial charge < -0.3 is 24.4 Å². The monoisotopic (exact) mass is 747 g/mol. The normalized spacial score (nSPS) is 13.8. The quantitative estimate of drug-likeness (QED) is 0.131. The molecule has 1 aliphatic carbocycles. The van der Waals surface area contributed by atoms with Gasteiger partial charge in [-0.2, -0.15) is 0 Å². The molecule has 52 heavy (non-hydrogen) atoms. The minimum atomic E-state index is -4.38. The maximum Gasteiger partial charge on any atom is 0.264 e. The van der Waals surface area contributed by atoms with E-state index in [4.69, 9.17) is 25.8 Å². The third-order valence-electron chi connectivity index (χ3n) is 9.15. The van der Waals surface area contributed by atoms with E-state index in [2.05, 4.69) is 5.32 Å². The average Bonchev–Trinajstić information content (AvgIpc) is 3.16. The third kappa shape index (κ3) is 9.77. The van der Waals surface area contributed by atoms with Crippen LogP contribution in [0.2, 0.25) is 5.02 Å². The Morgan fingerprint density at radius 1 is 0.846 bits per heavy atom. The van der Waals surface area contributed by atoms with Gasteiger partial charge in [-0.05, 0) is 79.4 Å². The van der Waals surface area contributed by atoms with Gasteiger partial charge in [0.1, 0.15) is 18.3 Å². The smallest absolute Gasteiger partial charge is 0.264 e. The van der Waals surface area contributed by atoms with Crippen LogP contribution < -0.4 is 23.8 Å². The van der Waals surface area contributed by atoms with Crippen molar-refractivity contribution in [3.05, 3.63) is 113 Å². The Bertz CT molecular complexity index is 1880. The molecule has 4 aromatic carbocycles. The molecule has 1 fully saturated rings. The number of methoxy groups -OCH3 is 2. The number of halogens is 1. The van der Waals surface area contributed by atoms with E-state index in [0.717, 1.165) is 47.5 Å². The summed E-state index contributed by atoms with van der Waals surface area (Å²) in [6, 6.07) is 26.4. The molecule has 1 saturated carbocycles. The first-order valence-electron chi connectivity index (χ1n) is 17.5. The number of ether oxygens (including phenoxy) is 3. The summed E-state index contributed by atoms with van der Waals surface area (Å²) in [4.78, 5) is 30.5. The Morgan fingerprint density at radius 3 is 2.15 bits per heavy atom. The molecule has 2 amide bonds. The van der Waals surface area contributed by atoms with Crippen LogP contribution in [0.25, 0.3) is 0 Å². The summed E-state index contributed by atoms with van der Waals surface area (Å²) in [5, 5.41) is 3.75. The SMILES string of the molecule is CCOc1ccc(N(CC(=O)N(Cc2ccc(Cl)cc2)[C@H](Cc2ccccc2)C(=O)NC2CCCCC2)S(=O)(=O)c2ccc(OC)c(OC)c2)cc1. The van der Waals surface area contributed by atoms with Crippen molar-refractivity contribution >= 4 is 39.1 Å². The lowest BCUT2D eigenvalue weighted by molar-refractivity contribution is -0.140. The standard InChI is InChI=1S/C40H46ClN3O7S/c1-4-51-34-21-19-33(20-22-34)44(52(47,48)35-23-24-37(49-2)38(26-35)50-3)28-39(45)43(27-30-15-17-31(41)18-16-30)36(25-29-11-7-5-8-12-29)40(46)42-32-13-9-6-10-14-32/h5,7-8,11-12,15-24,26,32,36H,4,6,9-10,13-14,25,27-28H2,1-3H3,(H,42,46)/t36-/m1/s1. The molecule has 1 atom stereocenters. The van der Waals surface area contributed by atoms with Gasteiger partial charge in [0.15, 0.2) is 11.5 Å². The minimum Gasteiger partial charge on any atom is -0.494 e. The number of nitrogens with one attached hydrogen (secondary N) is 1. The lowest BCUT2D eigenvalue weighted by Gasteiger charge is -2.35. The largest absolute Gasteiger partial charge is 0.494 e. The van der Waals surface area contributed by atoms with Gasteiger partial charge in [0.25, 0.3) is 10.0 Å². The van der Waals surface area contributed by atoms with E-state index in [9.17, 15) is 18.0 Å². The molecule has 0 bridgehead atoms. The highest BCUT2D eigenvalue weighted by Crippen LogP contribution is 2.33. The van der Waals surface area contributed by atoms with E-state index in [1.54, 1.807) is 48.5 Å². The number of hydrogen-bond acceptors (Lipinski definition) is 7. The van der Waals surface area contributed by atoms with Crippen LogP contribution in [0.3, 0.4) is 0 Å². The average molecular weight is 748 g/mol. The molecule has 0 heterocycles. The highest BCUT2D eigenvalue weighted by atomic mass is 35.5. The second-order valence-electron chi connectivity index (χ2n) is 12.7. The predicted molar refractivity (Wildman–Crippen MR) is 203 cm³/mol. The fraction of sp³-hybridized carbons (Fsp3) is 0.350. The lowest BCUT2D eigenvalue weighted by atomic mass is 9.94. The first-order chi connectivity index (χ1) is 25.1. The molecule has 0 radical (unpaired) electrons. The Kier molecular flexibility index (Phi) is 13.4. The van der Waals surface area contributed by atoms with Crippen molar-refractivity contribution in [2.75, 3.05) is 31.7 Å². The summed E-state index contributed by atoms with van der Waals surface area (Å²) in [6.07, 6.45) is 5.12. The third-order valence-corrected chi connectivity index (χ3v) is 11.2. The van der Waals surface area contributed by atoms with Gasteiger partial charge in [-0.3, -0.25) is 13.9 Å². The topological polar surface area (TPSA) is 114 Å². The summed E-state index contributed by atoms with van der Waals surface area (Å²) >= 11 is 6.21. The number of hydrogen-bond donors (Lipinski definition) is 1. The number of amides is 2. The number of carbonyl (C=O) groups is 2. The van der Waals surface area contributed by atoms with Crippen LogP contribution in [0.1, 0.15) is 50.2 Å². The van der Waals surface area contributed by atoms with Crippen LogP contribution >= 0.6 is 11.6 Å². The van der Waals surface area contributed by atoms with Crippen molar-refractivity contribution in [2.45, 2.75) is 69.0 Å². The van der Waals surface area contributed by atoms with Crippen LogP contribution in [-0.2, 0) is 32.6 Å². The highest BCUT2D eigenvalue weighted by molar-refractivity contribution is 7.92. The van der Waals surface area contributed by atoms with Gasteiger partial charge in [-0.15, -0.1) is 0 Å². The molecular weight excluding hydrogens is 702 g/mol. The Balaban J connectivity index is 1.58. The van der Waals surface area contributed by atoms with Gasteiger partial charge in [0.05, 0.1) is 31.4 Å². The van der Waals surface area contributed by atoms with Crippen LogP contribution in [-0.4, -0.2) is 64.6 Å². The van der Waals surface area contributed by atoms with Crippen molar-refractivity contribution in [3.63, 3.8) is 0 Å². The van der Waals surface area contributed by atoms with Gasteiger partial charge in [-0.1, -0.05) is 73.3 Å². The number of rotatable bonds is 16. The molecule has 12 heteroatoms. The Labute approximate surface area is 311 Å². The zero-order valence-corrected chi connectivity index (χ0v) is 31.4. The predicted octanol–water partition coefficient (Wildman–Crippen LogP) is 7.04. The molecule has 0 spiro atoms. The zero-order valence-electron chi connectivity index (χ0n) is 29.8. The number of anilines is 1. The molecule has 0 unspecified atom stereocenters. The highest BCUT2D eigenvalue weighted by Gasteiger charge is 2.36. The fourth-order valence-electron chi connectivity index (χ4n) is 6.39. The number of sulfonamides is 1. The van der Waals surface area contributed by atoms with Gasteiger partial charge in [-0.25, -0.2) is 8.42 Å². The van der Waals surface area contributed by atoms with Crippen molar-refractivity contribution < 1.29 is 32.2 Å². The molecule has 10 nitrogen and oxygen atoms in total. The number of benzene rings is 4. The Hall–Kier alpha value is -4.74. The van der Waals surface area contributed by atoms with Crippen LogP contribution in [0.5, 0.6) is 17.2 Å². The van der Waals surface area contributed by atoms with E-state index < -0.39 is 28.5 Å². The van der Waals surface area contributed by atoms with Crippen LogP contribution in [0, 0.1) is 0 Å². The van der Waals surface area contributed by atoms with E-state index in [0.29, 0.717) is 23.1 Å². The first kappa shape index (κ1) is 38.5. The zero-order chi connectivity index (χ0) is 37.1. The second-order valence-corrected chi connectivity index (χ2v) is 15.0. The molecule has 0 saturated heterocycles. The molecule has 276 valence electrons. The molecule has 4 aromatic rings. The van der Waals surface area contributed by atoms with Gasteiger partial charge in [0, 0.05) is 30.1 Å². The molecule has 0 aliphatic heterocycles. The van der Waals surface area contributed by atoms with E-state index in [1.165, 1.54) is 37.3 Å². The fourth-order valence-corrected chi connectivity index (χ4v) is 7.95. The van der Waals surface area contributed by atoms with E-state index >= 15 is 0 Å². The van der Waals surface area contributed by atoms with Crippen molar-refractivity contribution in [2.24, 2.45) is 0 Å². The second kappa shape index (κ2) is 18.1. The van der Waals surface area contributed by atoms with Crippen LogP contribution in [0.15, 0.2) is 102 Å². The number of nitrogens with zero attached hydrogens (tertiary/aromatic N) is 2. The maximum absolute atomic E-state index is 14.8. The minimum absolute atomic E-state index is 0.00205. The van der Waals surface area contributed by atoms with E-state index in [-0.39, 0.29) is 41.2 Å². The molecule has 1 N–H and O–H groups in total. The summed E-state index contributed by atoms with van der Waals surface area (Å²) in [6.45, 7) is 1.72. The lowest BCUT2D eigenvalue weighted by Crippen LogP contribution is -2.55.